The van der Waals surface area contributed by atoms with Crippen LogP contribution >= 0.6 is 0 Å². The van der Waals surface area contributed by atoms with E-state index in [0.29, 0.717) is 12.2 Å². The zero-order chi connectivity index (χ0) is 9.97. The Morgan fingerprint density at radius 2 is 2.64 bits per heavy atom. The van der Waals surface area contributed by atoms with E-state index in [4.69, 9.17) is 4.42 Å². The minimum absolute atomic E-state index is 0.104. The van der Waals surface area contributed by atoms with Crippen LogP contribution in [0.1, 0.15) is 37.5 Å². The van der Waals surface area contributed by atoms with Crippen molar-refractivity contribution in [3.8, 4) is 0 Å². The Labute approximate surface area is 82.7 Å². The van der Waals surface area contributed by atoms with Crippen molar-refractivity contribution < 1.29 is 9.21 Å². The molecule has 0 radical (unpaired) electrons. The topological polar surface area (TPSA) is 55.1 Å². The Kier molecular flexibility index (Phi) is 2.63. The summed E-state index contributed by atoms with van der Waals surface area (Å²) in [6.45, 7) is 2.57. The van der Waals surface area contributed by atoms with E-state index in [9.17, 15) is 4.79 Å². The van der Waals surface area contributed by atoms with Gasteiger partial charge in [-0.1, -0.05) is 0 Å². The van der Waals surface area contributed by atoms with E-state index in [0.717, 1.165) is 25.3 Å². The lowest BCUT2D eigenvalue weighted by molar-refractivity contribution is -0.116. The van der Waals surface area contributed by atoms with Crippen LogP contribution in [-0.2, 0) is 11.2 Å². The molecule has 0 aliphatic carbocycles. The number of carbonyl (C=O) groups excluding carboxylic acids is 1. The summed E-state index contributed by atoms with van der Waals surface area (Å²) >= 11 is 0. The standard InChI is InChI=1S/C10H14N2O2/c1-7(13)5-8-6-12-10(14-8)9-3-2-4-11-9/h6,9,11H,2-5H2,1H3. The van der Waals surface area contributed by atoms with E-state index >= 15 is 0 Å². The molecule has 1 aromatic heterocycles. The van der Waals surface area contributed by atoms with Gasteiger partial charge in [-0.25, -0.2) is 4.98 Å². The van der Waals surface area contributed by atoms with Gasteiger partial charge in [-0.05, 0) is 26.3 Å². The third-order valence-corrected chi connectivity index (χ3v) is 2.35. The first-order valence-corrected chi connectivity index (χ1v) is 4.93. The van der Waals surface area contributed by atoms with Crippen molar-refractivity contribution in [1.82, 2.24) is 10.3 Å². The molecule has 76 valence electrons. The van der Waals surface area contributed by atoms with E-state index in [2.05, 4.69) is 10.3 Å². The molecule has 1 aliphatic rings. The first-order valence-electron chi connectivity index (χ1n) is 4.93. The highest BCUT2D eigenvalue weighted by Crippen LogP contribution is 2.22. The first-order chi connectivity index (χ1) is 6.75. The Morgan fingerprint density at radius 3 is 3.29 bits per heavy atom. The summed E-state index contributed by atoms with van der Waals surface area (Å²) in [5, 5.41) is 3.30. The molecular weight excluding hydrogens is 180 g/mol. The van der Waals surface area contributed by atoms with Gasteiger partial charge >= 0.3 is 0 Å². The van der Waals surface area contributed by atoms with Crippen LogP contribution in [0.2, 0.25) is 0 Å². The van der Waals surface area contributed by atoms with Crippen LogP contribution in [0, 0.1) is 0 Å². The zero-order valence-corrected chi connectivity index (χ0v) is 8.25. The molecule has 1 N–H and O–H groups in total. The third-order valence-electron chi connectivity index (χ3n) is 2.35. The SMILES string of the molecule is CC(=O)Cc1cnc(C2CCCN2)o1. The van der Waals surface area contributed by atoms with E-state index in [-0.39, 0.29) is 11.8 Å². The number of rotatable bonds is 3. The highest BCUT2D eigenvalue weighted by atomic mass is 16.4. The van der Waals surface area contributed by atoms with Crippen LogP contribution in [0.4, 0.5) is 0 Å². The molecule has 1 atom stereocenters. The number of hydrogen-bond acceptors (Lipinski definition) is 4. The van der Waals surface area contributed by atoms with Crippen LogP contribution in [0.3, 0.4) is 0 Å². The molecule has 4 heteroatoms. The lowest BCUT2D eigenvalue weighted by atomic mass is 10.2. The third kappa shape index (κ3) is 2.01. The molecule has 1 saturated heterocycles. The molecule has 1 aromatic rings. The van der Waals surface area contributed by atoms with Gasteiger partial charge in [0.1, 0.15) is 11.5 Å². The van der Waals surface area contributed by atoms with Crippen molar-refractivity contribution in [3.05, 3.63) is 17.8 Å². The van der Waals surface area contributed by atoms with Crippen molar-refractivity contribution >= 4 is 5.78 Å². The quantitative estimate of drug-likeness (QED) is 0.786. The highest BCUT2D eigenvalue weighted by molar-refractivity contribution is 5.77. The number of Topliss-reactive ketones (excluding diaryl/α,β-unsaturated/α-hetero) is 1. The maximum atomic E-state index is 10.8. The summed E-state index contributed by atoms with van der Waals surface area (Å²) in [5.41, 5.74) is 0. The average molecular weight is 194 g/mol. The molecule has 1 fully saturated rings. The summed E-state index contributed by atoms with van der Waals surface area (Å²) in [5.74, 6) is 1.49. The molecule has 0 amide bonds. The van der Waals surface area contributed by atoms with Crippen LogP contribution in [0.5, 0.6) is 0 Å². The minimum atomic E-state index is 0.104. The molecule has 0 bridgehead atoms. The van der Waals surface area contributed by atoms with Gasteiger partial charge < -0.3 is 9.73 Å². The van der Waals surface area contributed by atoms with Crippen LogP contribution in [-0.4, -0.2) is 17.3 Å². The summed E-state index contributed by atoms with van der Waals surface area (Å²) in [7, 11) is 0. The fraction of sp³-hybridized carbons (Fsp3) is 0.600. The monoisotopic (exact) mass is 194 g/mol. The van der Waals surface area contributed by atoms with Gasteiger partial charge in [-0.15, -0.1) is 0 Å². The Bertz CT molecular complexity index is 327. The Morgan fingerprint density at radius 1 is 1.79 bits per heavy atom. The normalized spacial score (nSPS) is 21.4. The summed E-state index contributed by atoms with van der Waals surface area (Å²) in [6, 6.07) is 0.246. The average Bonchev–Trinajstić information content (AvgIpc) is 2.69. The van der Waals surface area contributed by atoms with Crippen LogP contribution in [0.25, 0.3) is 0 Å². The molecular formula is C10H14N2O2. The van der Waals surface area contributed by atoms with Crippen molar-refractivity contribution in [3.63, 3.8) is 0 Å². The van der Waals surface area contributed by atoms with Gasteiger partial charge in [0, 0.05) is 0 Å². The van der Waals surface area contributed by atoms with Gasteiger partial charge in [0.05, 0.1) is 18.7 Å². The largest absolute Gasteiger partial charge is 0.444 e. The number of aromatic nitrogens is 1. The van der Waals surface area contributed by atoms with Gasteiger partial charge in [0.25, 0.3) is 0 Å². The molecule has 2 rings (SSSR count). The second-order valence-electron chi connectivity index (χ2n) is 3.69. The molecule has 1 aliphatic heterocycles. The van der Waals surface area contributed by atoms with E-state index < -0.39 is 0 Å². The molecule has 0 aromatic carbocycles. The fourth-order valence-electron chi connectivity index (χ4n) is 1.71. The summed E-state index contributed by atoms with van der Waals surface area (Å²) < 4.78 is 5.48. The van der Waals surface area contributed by atoms with Crippen molar-refractivity contribution in [2.24, 2.45) is 0 Å². The smallest absolute Gasteiger partial charge is 0.211 e. The molecule has 0 spiro atoms. The number of nitrogens with zero attached hydrogens (tertiary/aromatic N) is 1. The van der Waals surface area contributed by atoms with Gasteiger partial charge in [0.15, 0.2) is 0 Å². The second kappa shape index (κ2) is 3.92. The number of hydrogen-bond donors (Lipinski definition) is 1. The van der Waals surface area contributed by atoms with Gasteiger partial charge in [0.2, 0.25) is 5.89 Å². The fourth-order valence-corrected chi connectivity index (χ4v) is 1.71. The number of ketones is 1. The molecule has 4 nitrogen and oxygen atoms in total. The predicted octanol–water partition coefficient (Wildman–Crippen LogP) is 1.23. The lowest BCUT2D eigenvalue weighted by Crippen LogP contribution is -2.12. The van der Waals surface area contributed by atoms with Crippen molar-refractivity contribution in [1.29, 1.82) is 0 Å². The number of oxazole rings is 1. The van der Waals surface area contributed by atoms with E-state index in [1.807, 2.05) is 0 Å². The number of nitrogens with one attached hydrogen (secondary N) is 1. The highest BCUT2D eigenvalue weighted by Gasteiger charge is 2.21. The molecule has 2 heterocycles. The number of carbonyl (C=O) groups is 1. The van der Waals surface area contributed by atoms with E-state index in [1.165, 1.54) is 0 Å². The van der Waals surface area contributed by atoms with Crippen molar-refractivity contribution in [2.45, 2.75) is 32.2 Å². The van der Waals surface area contributed by atoms with Crippen molar-refractivity contribution in [2.75, 3.05) is 6.54 Å². The van der Waals surface area contributed by atoms with Crippen LogP contribution < -0.4 is 5.32 Å². The minimum Gasteiger partial charge on any atom is -0.444 e. The first kappa shape index (κ1) is 9.40. The zero-order valence-electron chi connectivity index (χ0n) is 8.25. The Balaban J connectivity index is 2.05. The maximum absolute atomic E-state index is 10.8. The van der Waals surface area contributed by atoms with E-state index in [1.54, 1.807) is 13.1 Å². The second-order valence-corrected chi connectivity index (χ2v) is 3.69. The molecule has 14 heavy (non-hydrogen) atoms. The molecule has 1 unspecified atom stereocenters. The predicted molar refractivity (Wildman–Crippen MR) is 50.9 cm³/mol. The molecule has 0 saturated carbocycles. The summed E-state index contributed by atoms with van der Waals surface area (Å²) in [6.07, 6.45) is 4.23. The lowest BCUT2D eigenvalue weighted by Gasteiger charge is -2.03. The Hall–Kier alpha value is -1.16. The maximum Gasteiger partial charge on any atom is 0.211 e. The van der Waals surface area contributed by atoms with Gasteiger partial charge in [-0.2, -0.15) is 0 Å². The van der Waals surface area contributed by atoms with Gasteiger partial charge in [-0.3, -0.25) is 4.79 Å². The van der Waals surface area contributed by atoms with Crippen LogP contribution in [0.15, 0.2) is 10.6 Å². The summed E-state index contributed by atoms with van der Waals surface area (Å²) in [4.78, 5) is 15.0.